The van der Waals surface area contributed by atoms with Crippen molar-refractivity contribution in [1.29, 1.82) is 0 Å². The van der Waals surface area contributed by atoms with Crippen LogP contribution in [0.1, 0.15) is 19.5 Å². The van der Waals surface area contributed by atoms with Crippen LogP contribution in [0.3, 0.4) is 0 Å². The van der Waals surface area contributed by atoms with Crippen molar-refractivity contribution >= 4 is 16.6 Å². The van der Waals surface area contributed by atoms with E-state index in [2.05, 4.69) is 56.3 Å². The van der Waals surface area contributed by atoms with Crippen LogP contribution in [0.5, 0.6) is 5.75 Å². The number of aromatic amines is 2. The highest BCUT2D eigenvalue weighted by Gasteiger charge is 2.20. The van der Waals surface area contributed by atoms with Gasteiger partial charge in [0.2, 0.25) is 0 Å². The Labute approximate surface area is 203 Å². The van der Waals surface area contributed by atoms with Crippen molar-refractivity contribution in [3.05, 3.63) is 52.6 Å². The van der Waals surface area contributed by atoms with Crippen LogP contribution in [-0.2, 0) is 11.2 Å². The summed E-state index contributed by atoms with van der Waals surface area (Å²) in [5.41, 5.74) is 4.06. The lowest BCUT2D eigenvalue weighted by molar-refractivity contribution is 0.0228. The average Bonchev–Trinajstić information content (AvgIpc) is 3.46. The molecule has 0 aliphatic carbocycles. The summed E-state index contributed by atoms with van der Waals surface area (Å²) in [5, 5.41) is 15.5. The normalized spacial score (nSPS) is 14.7. The Kier molecular flexibility index (Phi) is 6.56. The molecular weight excluding hydrogens is 446 g/mol. The molecule has 2 aromatic carbocycles. The Balaban J connectivity index is 1.55. The van der Waals surface area contributed by atoms with E-state index < -0.39 is 0 Å². The van der Waals surface area contributed by atoms with Crippen LogP contribution in [0, 0.1) is 0 Å². The topological polar surface area (TPSA) is 104 Å². The molecule has 0 bridgehead atoms. The maximum atomic E-state index is 12.9. The fraction of sp³-hybridized carbons (Fsp3) is 0.400. The lowest BCUT2D eigenvalue weighted by Crippen LogP contribution is -2.44. The molecule has 0 amide bonds. The Hall–Kier alpha value is -3.63. The van der Waals surface area contributed by atoms with Crippen molar-refractivity contribution in [3.63, 3.8) is 0 Å². The molecule has 1 saturated heterocycles. The zero-order valence-electron chi connectivity index (χ0n) is 20.4. The summed E-state index contributed by atoms with van der Waals surface area (Å²) in [6.07, 6.45) is 0.802. The Morgan fingerprint density at radius 2 is 1.71 bits per heavy atom. The number of aryl methyl sites for hydroxylation is 1. The van der Waals surface area contributed by atoms with E-state index in [-0.39, 0.29) is 12.5 Å². The van der Waals surface area contributed by atoms with E-state index >= 15 is 0 Å². The van der Waals surface area contributed by atoms with Crippen LogP contribution >= 0.6 is 0 Å². The highest BCUT2D eigenvalue weighted by atomic mass is 16.7. The van der Waals surface area contributed by atoms with E-state index in [0.717, 1.165) is 60.6 Å². The number of aromatic nitrogens is 5. The van der Waals surface area contributed by atoms with Gasteiger partial charge in [-0.25, -0.2) is 14.5 Å². The second kappa shape index (κ2) is 9.93. The van der Waals surface area contributed by atoms with Gasteiger partial charge in [-0.15, -0.1) is 0 Å². The first kappa shape index (κ1) is 23.1. The van der Waals surface area contributed by atoms with Gasteiger partial charge in [0.05, 0.1) is 16.8 Å². The van der Waals surface area contributed by atoms with E-state index in [1.807, 2.05) is 31.2 Å². The average molecular weight is 478 g/mol. The third-order valence-corrected chi connectivity index (χ3v) is 6.48. The molecule has 4 aromatic rings. The first-order valence-corrected chi connectivity index (χ1v) is 12.0. The molecule has 0 atom stereocenters. The monoisotopic (exact) mass is 477 g/mol. The highest BCUT2D eigenvalue weighted by molar-refractivity contribution is 5.89. The summed E-state index contributed by atoms with van der Waals surface area (Å²) in [5.74, 6) is 1.02. The summed E-state index contributed by atoms with van der Waals surface area (Å²) in [6, 6.07) is 11.9. The SMILES string of the molecule is CCOCOc1cc2n[nH]c(CC)c2cc1-c1n[nH]c(=O)n1-c1ccc(N2CCN(C)CC2)cc1. The lowest BCUT2D eigenvalue weighted by atomic mass is 10.1. The van der Waals surface area contributed by atoms with Crippen LogP contribution in [0.4, 0.5) is 5.69 Å². The number of hydrogen-bond donors (Lipinski definition) is 2. The Morgan fingerprint density at radius 1 is 0.971 bits per heavy atom. The molecular formula is C25H31N7O3. The van der Waals surface area contributed by atoms with Gasteiger partial charge in [-0.1, -0.05) is 6.92 Å². The zero-order chi connectivity index (χ0) is 24.4. The van der Waals surface area contributed by atoms with Crippen molar-refractivity contribution in [3.8, 4) is 22.8 Å². The summed E-state index contributed by atoms with van der Waals surface area (Å²) in [7, 11) is 2.14. The van der Waals surface area contributed by atoms with Gasteiger partial charge in [0.1, 0.15) is 5.75 Å². The molecule has 0 saturated carbocycles. The van der Waals surface area contributed by atoms with Crippen LogP contribution < -0.4 is 15.3 Å². The Bertz CT molecular complexity index is 1350. The largest absolute Gasteiger partial charge is 0.467 e. The van der Waals surface area contributed by atoms with E-state index in [0.29, 0.717) is 23.7 Å². The number of ether oxygens (including phenoxy) is 2. The van der Waals surface area contributed by atoms with Crippen molar-refractivity contribution in [2.75, 3.05) is 51.5 Å². The number of hydrogen-bond acceptors (Lipinski definition) is 7. The molecule has 2 N–H and O–H groups in total. The fourth-order valence-corrected chi connectivity index (χ4v) is 4.44. The molecule has 10 nitrogen and oxygen atoms in total. The maximum absolute atomic E-state index is 12.9. The quantitative estimate of drug-likeness (QED) is 0.297. The molecule has 1 fully saturated rings. The van der Waals surface area contributed by atoms with Crippen molar-refractivity contribution in [2.45, 2.75) is 20.3 Å². The van der Waals surface area contributed by atoms with E-state index in [4.69, 9.17) is 9.47 Å². The molecule has 5 rings (SSSR count). The number of likely N-dealkylation sites (N-methyl/N-ethyl adjacent to an activating group) is 1. The summed E-state index contributed by atoms with van der Waals surface area (Å²) in [6.45, 7) is 8.64. The van der Waals surface area contributed by atoms with E-state index in [1.165, 1.54) is 0 Å². The predicted octanol–water partition coefficient (Wildman–Crippen LogP) is 2.79. The minimum absolute atomic E-state index is 0.0917. The second-order valence-electron chi connectivity index (χ2n) is 8.67. The minimum atomic E-state index is -0.314. The predicted molar refractivity (Wildman–Crippen MR) is 135 cm³/mol. The van der Waals surface area contributed by atoms with Crippen LogP contribution in [0.2, 0.25) is 0 Å². The molecule has 2 aromatic heterocycles. The molecule has 184 valence electrons. The molecule has 10 heteroatoms. The number of nitrogens with zero attached hydrogens (tertiary/aromatic N) is 5. The van der Waals surface area contributed by atoms with Gasteiger partial charge in [-0.05, 0) is 50.7 Å². The van der Waals surface area contributed by atoms with Gasteiger partial charge >= 0.3 is 5.69 Å². The highest BCUT2D eigenvalue weighted by Crippen LogP contribution is 2.34. The first-order chi connectivity index (χ1) is 17.1. The van der Waals surface area contributed by atoms with Gasteiger partial charge in [-0.2, -0.15) is 10.2 Å². The number of anilines is 1. The lowest BCUT2D eigenvalue weighted by Gasteiger charge is -2.34. The number of rotatable bonds is 8. The Morgan fingerprint density at radius 3 is 2.43 bits per heavy atom. The van der Waals surface area contributed by atoms with Gasteiger partial charge < -0.3 is 19.3 Å². The number of H-pyrrole nitrogens is 2. The van der Waals surface area contributed by atoms with Crippen molar-refractivity contribution in [1.82, 2.24) is 29.9 Å². The molecule has 0 unspecified atom stereocenters. The number of benzene rings is 2. The summed E-state index contributed by atoms with van der Waals surface area (Å²) >= 11 is 0. The van der Waals surface area contributed by atoms with E-state index in [9.17, 15) is 4.79 Å². The van der Waals surface area contributed by atoms with Gasteiger partial charge in [0.15, 0.2) is 12.6 Å². The molecule has 0 radical (unpaired) electrons. The standard InChI is InChI=1S/C25H31N7O3/c1-4-21-19-14-20(23(35-16-34-5-2)15-22(19)27-26-21)24-28-29-25(33)32(24)18-8-6-17(7-9-18)31-12-10-30(3)11-13-31/h6-9,14-15H,4-5,10-13,16H2,1-3H3,(H,26,27)(H,29,33). The van der Waals surface area contributed by atoms with E-state index in [1.54, 1.807) is 4.57 Å². The minimum Gasteiger partial charge on any atom is -0.467 e. The smallest absolute Gasteiger partial charge is 0.348 e. The number of nitrogens with one attached hydrogen (secondary N) is 2. The van der Waals surface area contributed by atoms with Gasteiger partial charge in [-0.3, -0.25) is 5.10 Å². The number of fused-ring (bicyclic) bond motifs is 1. The molecule has 1 aliphatic rings. The molecule has 0 spiro atoms. The molecule has 35 heavy (non-hydrogen) atoms. The maximum Gasteiger partial charge on any atom is 0.348 e. The van der Waals surface area contributed by atoms with Crippen LogP contribution in [0.15, 0.2) is 41.2 Å². The third-order valence-electron chi connectivity index (χ3n) is 6.48. The van der Waals surface area contributed by atoms with Crippen molar-refractivity contribution in [2.24, 2.45) is 0 Å². The van der Waals surface area contributed by atoms with Crippen LogP contribution in [0.25, 0.3) is 28.0 Å². The summed E-state index contributed by atoms with van der Waals surface area (Å²) in [4.78, 5) is 17.6. The fourth-order valence-electron chi connectivity index (χ4n) is 4.44. The third kappa shape index (κ3) is 4.54. The zero-order valence-corrected chi connectivity index (χ0v) is 20.4. The number of piperazine rings is 1. The molecule has 1 aliphatic heterocycles. The summed E-state index contributed by atoms with van der Waals surface area (Å²) < 4.78 is 12.9. The van der Waals surface area contributed by atoms with Gasteiger partial charge in [0.25, 0.3) is 0 Å². The second-order valence-corrected chi connectivity index (χ2v) is 8.67. The van der Waals surface area contributed by atoms with Crippen LogP contribution in [-0.4, -0.2) is 76.5 Å². The van der Waals surface area contributed by atoms with Gasteiger partial charge in [0, 0.05) is 55.6 Å². The molecule has 3 heterocycles. The van der Waals surface area contributed by atoms with Crippen molar-refractivity contribution < 1.29 is 9.47 Å². The first-order valence-electron chi connectivity index (χ1n) is 12.0.